The predicted molar refractivity (Wildman–Crippen MR) is 62.7 cm³/mol. The number of Topliss-reactive ketones (excluding diaryl/α,β-unsaturated/α-hetero) is 1. The fourth-order valence-electron chi connectivity index (χ4n) is 1.47. The van der Waals surface area contributed by atoms with Crippen LogP contribution in [0, 0.1) is 6.92 Å². The van der Waals surface area contributed by atoms with Gasteiger partial charge in [0.05, 0.1) is 6.20 Å². The van der Waals surface area contributed by atoms with Crippen molar-refractivity contribution in [3.63, 3.8) is 0 Å². The van der Waals surface area contributed by atoms with Gasteiger partial charge in [0.2, 0.25) is 5.78 Å². The molecule has 0 atom stereocenters. The molecule has 0 aliphatic carbocycles. The fraction of sp³-hybridized carbons (Fsp3) is 0.333. The number of aryl methyl sites for hydroxylation is 2. The molecule has 0 spiro atoms. The van der Waals surface area contributed by atoms with Gasteiger partial charge in [-0.25, -0.2) is 9.97 Å². The van der Waals surface area contributed by atoms with Gasteiger partial charge in [-0.3, -0.25) is 9.48 Å². The monoisotopic (exact) mass is 230 g/mol. The first-order valence-corrected chi connectivity index (χ1v) is 5.52. The third-order valence-corrected chi connectivity index (χ3v) is 2.41. The SMILES string of the molecule is CCn1cc(CC(=O)c2ncc(C)cn2)cn1. The highest BCUT2D eigenvalue weighted by Crippen LogP contribution is 2.04. The fourth-order valence-corrected chi connectivity index (χ4v) is 1.47. The molecule has 0 N–H and O–H groups in total. The second-order valence-corrected chi connectivity index (χ2v) is 3.89. The maximum atomic E-state index is 11.9. The molecular formula is C12H14N4O. The van der Waals surface area contributed by atoms with Crippen LogP contribution in [0.25, 0.3) is 0 Å². The third kappa shape index (κ3) is 2.75. The van der Waals surface area contributed by atoms with E-state index < -0.39 is 0 Å². The minimum atomic E-state index is -0.0827. The first kappa shape index (κ1) is 11.4. The molecule has 0 radical (unpaired) electrons. The molecule has 0 saturated heterocycles. The molecule has 0 bridgehead atoms. The van der Waals surface area contributed by atoms with Crippen molar-refractivity contribution in [2.75, 3.05) is 0 Å². The van der Waals surface area contributed by atoms with Crippen molar-refractivity contribution in [2.45, 2.75) is 26.8 Å². The van der Waals surface area contributed by atoms with Crippen LogP contribution in [0.3, 0.4) is 0 Å². The molecule has 0 amide bonds. The summed E-state index contributed by atoms with van der Waals surface area (Å²) in [7, 11) is 0. The Morgan fingerprint density at radius 3 is 2.59 bits per heavy atom. The number of rotatable bonds is 4. The first-order valence-electron chi connectivity index (χ1n) is 5.52. The Labute approximate surface area is 99.5 Å². The average molecular weight is 230 g/mol. The molecule has 0 aromatic carbocycles. The lowest BCUT2D eigenvalue weighted by Crippen LogP contribution is -2.08. The second kappa shape index (κ2) is 4.86. The highest BCUT2D eigenvalue weighted by molar-refractivity contribution is 5.93. The van der Waals surface area contributed by atoms with Crippen molar-refractivity contribution < 1.29 is 4.79 Å². The largest absolute Gasteiger partial charge is 0.290 e. The van der Waals surface area contributed by atoms with Crippen LogP contribution < -0.4 is 0 Å². The van der Waals surface area contributed by atoms with Crippen LogP contribution in [0.4, 0.5) is 0 Å². The summed E-state index contributed by atoms with van der Waals surface area (Å²) in [5, 5.41) is 4.12. The van der Waals surface area contributed by atoms with E-state index in [1.165, 1.54) is 0 Å². The van der Waals surface area contributed by atoms with Crippen LogP contribution in [0.15, 0.2) is 24.8 Å². The van der Waals surface area contributed by atoms with E-state index in [0.717, 1.165) is 17.7 Å². The van der Waals surface area contributed by atoms with Crippen LogP contribution in [-0.2, 0) is 13.0 Å². The van der Waals surface area contributed by atoms with Crippen LogP contribution >= 0.6 is 0 Å². The Kier molecular flexibility index (Phi) is 3.27. The van der Waals surface area contributed by atoms with Crippen molar-refractivity contribution in [2.24, 2.45) is 0 Å². The van der Waals surface area contributed by atoms with Gasteiger partial charge in [-0.1, -0.05) is 0 Å². The standard InChI is InChI=1S/C12H14N4O/c1-3-16-8-10(7-15-16)4-11(17)12-13-5-9(2)6-14-12/h5-8H,3-4H2,1-2H3. The van der Waals surface area contributed by atoms with E-state index >= 15 is 0 Å². The summed E-state index contributed by atoms with van der Waals surface area (Å²) in [5.74, 6) is 0.181. The van der Waals surface area contributed by atoms with Crippen molar-refractivity contribution in [3.05, 3.63) is 41.7 Å². The van der Waals surface area contributed by atoms with Crippen molar-refractivity contribution in [1.82, 2.24) is 19.7 Å². The topological polar surface area (TPSA) is 60.7 Å². The maximum absolute atomic E-state index is 11.9. The summed E-state index contributed by atoms with van der Waals surface area (Å²) < 4.78 is 1.79. The van der Waals surface area contributed by atoms with E-state index in [0.29, 0.717) is 6.42 Å². The lowest BCUT2D eigenvalue weighted by molar-refractivity contribution is 0.0983. The Morgan fingerprint density at radius 1 is 1.29 bits per heavy atom. The molecule has 2 rings (SSSR count). The van der Waals surface area contributed by atoms with Crippen LogP contribution in [-0.4, -0.2) is 25.5 Å². The summed E-state index contributed by atoms with van der Waals surface area (Å²) in [6.07, 6.45) is 7.16. The molecule has 2 heterocycles. The van der Waals surface area contributed by atoms with Gasteiger partial charge in [0.15, 0.2) is 5.82 Å². The van der Waals surface area contributed by atoms with Gasteiger partial charge in [-0.15, -0.1) is 0 Å². The number of hydrogen-bond acceptors (Lipinski definition) is 4. The number of nitrogens with zero attached hydrogens (tertiary/aromatic N) is 4. The molecule has 0 saturated carbocycles. The van der Waals surface area contributed by atoms with Gasteiger partial charge in [0.25, 0.3) is 0 Å². The zero-order valence-corrected chi connectivity index (χ0v) is 9.92. The molecule has 0 aliphatic heterocycles. The quantitative estimate of drug-likeness (QED) is 0.745. The molecule has 17 heavy (non-hydrogen) atoms. The minimum absolute atomic E-state index is 0.0827. The molecule has 2 aromatic rings. The summed E-state index contributed by atoms with van der Waals surface area (Å²) in [4.78, 5) is 19.9. The van der Waals surface area contributed by atoms with E-state index in [4.69, 9.17) is 0 Å². The smallest absolute Gasteiger partial charge is 0.204 e. The summed E-state index contributed by atoms with van der Waals surface area (Å²) in [6.45, 7) is 4.69. The second-order valence-electron chi connectivity index (χ2n) is 3.89. The number of aromatic nitrogens is 4. The molecule has 0 aliphatic rings. The van der Waals surface area contributed by atoms with Crippen molar-refractivity contribution in [1.29, 1.82) is 0 Å². The molecule has 0 unspecified atom stereocenters. The van der Waals surface area contributed by atoms with Gasteiger partial charge < -0.3 is 0 Å². The predicted octanol–water partition coefficient (Wildman–Crippen LogP) is 1.43. The molecule has 5 heteroatoms. The van der Waals surface area contributed by atoms with Crippen LogP contribution in [0.2, 0.25) is 0 Å². The Hall–Kier alpha value is -2.04. The third-order valence-electron chi connectivity index (χ3n) is 2.41. The molecule has 88 valence electrons. The van der Waals surface area contributed by atoms with Gasteiger partial charge in [-0.05, 0) is 25.0 Å². The maximum Gasteiger partial charge on any atom is 0.204 e. The summed E-state index contributed by atoms with van der Waals surface area (Å²) in [5.41, 5.74) is 1.83. The number of carbonyl (C=O) groups is 1. The van der Waals surface area contributed by atoms with Crippen molar-refractivity contribution in [3.8, 4) is 0 Å². The minimum Gasteiger partial charge on any atom is -0.290 e. The number of hydrogen-bond donors (Lipinski definition) is 0. The number of carbonyl (C=O) groups excluding carboxylic acids is 1. The molecular weight excluding hydrogens is 216 g/mol. The normalized spacial score (nSPS) is 10.5. The van der Waals surface area contributed by atoms with Crippen LogP contribution in [0.1, 0.15) is 28.7 Å². The lowest BCUT2D eigenvalue weighted by Gasteiger charge is -1.97. The van der Waals surface area contributed by atoms with E-state index in [2.05, 4.69) is 15.1 Å². The molecule has 0 fully saturated rings. The van der Waals surface area contributed by atoms with E-state index in [1.54, 1.807) is 23.3 Å². The lowest BCUT2D eigenvalue weighted by atomic mass is 10.2. The van der Waals surface area contributed by atoms with Gasteiger partial charge in [-0.2, -0.15) is 5.10 Å². The Balaban J connectivity index is 2.08. The van der Waals surface area contributed by atoms with Crippen molar-refractivity contribution >= 4 is 5.78 Å². The summed E-state index contributed by atoms with van der Waals surface area (Å²) >= 11 is 0. The van der Waals surface area contributed by atoms with E-state index in [1.807, 2.05) is 20.0 Å². The van der Waals surface area contributed by atoms with Gasteiger partial charge in [0, 0.05) is 31.6 Å². The van der Waals surface area contributed by atoms with E-state index in [-0.39, 0.29) is 11.6 Å². The van der Waals surface area contributed by atoms with E-state index in [9.17, 15) is 4.79 Å². The first-order chi connectivity index (χ1) is 8.19. The Bertz CT molecular complexity index is 516. The zero-order valence-electron chi connectivity index (χ0n) is 9.92. The average Bonchev–Trinajstić information content (AvgIpc) is 2.77. The number of ketones is 1. The highest BCUT2D eigenvalue weighted by Gasteiger charge is 2.11. The summed E-state index contributed by atoms with van der Waals surface area (Å²) in [6, 6.07) is 0. The van der Waals surface area contributed by atoms with Gasteiger partial charge in [0.1, 0.15) is 0 Å². The highest BCUT2D eigenvalue weighted by atomic mass is 16.1. The zero-order chi connectivity index (χ0) is 12.3. The Morgan fingerprint density at radius 2 is 2.00 bits per heavy atom. The van der Waals surface area contributed by atoms with Gasteiger partial charge >= 0.3 is 0 Å². The molecule has 5 nitrogen and oxygen atoms in total. The molecule has 2 aromatic heterocycles. The van der Waals surface area contributed by atoms with Crippen LogP contribution in [0.5, 0.6) is 0 Å².